The molecule has 2 N–H and O–H groups in total. The van der Waals surface area contributed by atoms with Crippen molar-refractivity contribution < 1.29 is 4.79 Å². The number of rotatable bonds is 9. The van der Waals surface area contributed by atoms with Gasteiger partial charge in [0.25, 0.3) is 0 Å². The summed E-state index contributed by atoms with van der Waals surface area (Å²) in [7, 11) is 0. The summed E-state index contributed by atoms with van der Waals surface area (Å²) in [4.78, 5) is 17.1. The standard InChI is InChI=1S/C27H28ClN5O/c1-19(16-21-10-4-3-5-11-21)27(34)30-15-9-8-14-29-25-17-24(22-12-6-7-13-23(22)28)32-26-20(2)18-31-33(25)26/h3-7,10-13,16-18,29H,8-9,14-15H2,1-2H3,(H,30,34)/b19-16+. The van der Waals surface area contributed by atoms with Crippen LogP contribution in [0, 0.1) is 6.92 Å². The molecule has 2 aromatic heterocycles. The predicted molar refractivity (Wildman–Crippen MR) is 139 cm³/mol. The van der Waals surface area contributed by atoms with E-state index in [9.17, 15) is 4.79 Å². The molecule has 0 aliphatic carbocycles. The highest BCUT2D eigenvalue weighted by atomic mass is 35.5. The van der Waals surface area contributed by atoms with Crippen LogP contribution in [0.15, 0.2) is 72.4 Å². The third-order valence-corrected chi connectivity index (χ3v) is 5.86. The molecule has 174 valence electrons. The van der Waals surface area contributed by atoms with E-state index in [1.807, 2.05) is 91.3 Å². The van der Waals surface area contributed by atoms with Crippen LogP contribution < -0.4 is 10.6 Å². The number of hydrogen-bond donors (Lipinski definition) is 2. The van der Waals surface area contributed by atoms with Crippen molar-refractivity contribution in [1.82, 2.24) is 19.9 Å². The predicted octanol–water partition coefficient (Wildman–Crippen LogP) is 5.77. The van der Waals surface area contributed by atoms with Crippen molar-refractivity contribution >= 4 is 35.0 Å². The number of nitrogens with zero attached hydrogens (tertiary/aromatic N) is 3. The first-order valence-corrected chi connectivity index (χ1v) is 11.8. The van der Waals surface area contributed by atoms with E-state index in [-0.39, 0.29) is 5.91 Å². The highest BCUT2D eigenvalue weighted by molar-refractivity contribution is 6.33. The number of carbonyl (C=O) groups excluding carboxylic acids is 1. The minimum atomic E-state index is -0.0379. The van der Waals surface area contributed by atoms with E-state index >= 15 is 0 Å². The Morgan fingerprint density at radius 2 is 1.79 bits per heavy atom. The summed E-state index contributed by atoms with van der Waals surface area (Å²) in [6, 6.07) is 19.5. The van der Waals surface area contributed by atoms with Gasteiger partial charge in [0.15, 0.2) is 5.65 Å². The minimum Gasteiger partial charge on any atom is -0.370 e. The van der Waals surface area contributed by atoms with Gasteiger partial charge in [-0.05, 0) is 44.4 Å². The highest BCUT2D eigenvalue weighted by Gasteiger charge is 2.12. The summed E-state index contributed by atoms with van der Waals surface area (Å²) in [6.45, 7) is 5.19. The van der Waals surface area contributed by atoms with Gasteiger partial charge in [0.2, 0.25) is 5.91 Å². The van der Waals surface area contributed by atoms with Gasteiger partial charge < -0.3 is 10.6 Å². The Morgan fingerprint density at radius 1 is 1.06 bits per heavy atom. The third kappa shape index (κ3) is 5.64. The molecule has 0 saturated heterocycles. The van der Waals surface area contributed by atoms with Crippen LogP contribution in [0.3, 0.4) is 0 Å². The fraction of sp³-hybridized carbons (Fsp3) is 0.222. The Balaban J connectivity index is 1.33. The summed E-state index contributed by atoms with van der Waals surface area (Å²) in [6.07, 6.45) is 5.47. The maximum Gasteiger partial charge on any atom is 0.246 e. The number of fused-ring (bicyclic) bond motifs is 1. The highest BCUT2D eigenvalue weighted by Crippen LogP contribution is 2.29. The SMILES string of the molecule is C/C(=C\c1ccccc1)C(=O)NCCCCNc1cc(-c2ccccc2Cl)nc2c(C)cnn12. The van der Waals surface area contributed by atoms with Crippen molar-refractivity contribution in [3.63, 3.8) is 0 Å². The first-order chi connectivity index (χ1) is 16.5. The monoisotopic (exact) mass is 473 g/mol. The number of hydrogen-bond acceptors (Lipinski definition) is 4. The molecule has 0 radical (unpaired) electrons. The second-order valence-corrected chi connectivity index (χ2v) is 8.60. The zero-order valence-corrected chi connectivity index (χ0v) is 20.1. The molecule has 0 unspecified atom stereocenters. The van der Waals surface area contributed by atoms with Crippen LogP contribution in [0.1, 0.15) is 30.9 Å². The fourth-order valence-electron chi connectivity index (χ4n) is 3.68. The summed E-state index contributed by atoms with van der Waals surface area (Å²) >= 11 is 6.41. The van der Waals surface area contributed by atoms with E-state index in [1.54, 1.807) is 0 Å². The first-order valence-electron chi connectivity index (χ1n) is 11.4. The van der Waals surface area contributed by atoms with Gasteiger partial charge >= 0.3 is 0 Å². The Labute approximate surface area is 204 Å². The van der Waals surface area contributed by atoms with E-state index in [1.165, 1.54) is 0 Å². The second kappa shape index (κ2) is 11.0. The lowest BCUT2D eigenvalue weighted by molar-refractivity contribution is -0.117. The average Bonchev–Trinajstić information content (AvgIpc) is 3.22. The molecule has 34 heavy (non-hydrogen) atoms. The maximum absolute atomic E-state index is 12.3. The van der Waals surface area contributed by atoms with Gasteiger partial charge in [-0.15, -0.1) is 0 Å². The summed E-state index contributed by atoms with van der Waals surface area (Å²) in [5.41, 5.74) is 5.21. The van der Waals surface area contributed by atoms with E-state index < -0.39 is 0 Å². The lowest BCUT2D eigenvalue weighted by atomic mass is 10.1. The molecular weight excluding hydrogens is 446 g/mol. The fourth-order valence-corrected chi connectivity index (χ4v) is 3.91. The minimum absolute atomic E-state index is 0.0379. The Morgan fingerprint density at radius 3 is 2.59 bits per heavy atom. The second-order valence-electron chi connectivity index (χ2n) is 8.20. The third-order valence-electron chi connectivity index (χ3n) is 5.53. The van der Waals surface area contributed by atoms with Crippen LogP contribution in [0.2, 0.25) is 5.02 Å². The molecule has 6 nitrogen and oxygen atoms in total. The van der Waals surface area contributed by atoms with E-state index in [4.69, 9.17) is 16.6 Å². The number of aromatic nitrogens is 3. The smallest absolute Gasteiger partial charge is 0.246 e. The first kappa shape index (κ1) is 23.5. The topological polar surface area (TPSA) is 71.3 Å². The molecule has 4 rings (SSSR count). The van der Waals surface area contributed by atoms with Crippen LogP contribution >= 0.6 is 11.6 Å². The summed E-state index contributed by atoms with van der Waals surface area (Å²) in [5.74, 6) is 0.822. The van der Waals surface area contributed by atoms with Crippen LogP contribution in [0.4, 0.5) is 5.82 Å². The molecule has 1 amide bonds. The van der Waals surface area contributed by atoms with E-state index in [0.29, 0.717) is 17.1 Å². The number of nitrogens with one attached hydrogen (secondary N) is 2. The van der Waals surface area contributed by atoms with E-state index in [2.05, 4.69) is 15.7 Å². The zero-order chi connectivity index (χ0) is 23.9. The number of carbonyl (C=O) groups is 1. The number of halogens is 1. The van der Waals surface area contributed by atoms with Gasteiger partial charge in [-0.1, -0.05) is 60.1 Å². The molecule has 2 aromatic carbocycles. The molecule has 0 spiro atoms. The number of benzene rings is 2. The van der Waals surface area contributed by atoms with Crippen LogP contribution in [0.25, 0.3) is 23.0 Å². The van der Waals surface area contributed by atoms with Gasteiger partial charge in [-0.25, -0.2) is 4.98 Å². The molecular formula is C27H28ClN5O. The normalized spacial score (nSPS) is 11.6. The number of anilines is 1. The maximum atomic E-state index is 12.3. The molecule has 0 saturated carbocycles. The summed E-state index contributed by atoms with van der Waals surface area (Å²) < 4.78 is 1.81. The van der Waals surface area contributed by atoms with Crippen molar-refractivity contribution in [3.8, 4) is 11.3 Å². The lowest BCUT2D eigenvalue weighted by Crippen LogP contribution is -2.25. The molecule has 0 fully saturated rings. The van der Waals surface area contributed by atoms with Gasteiger partial charge in [0.05, 0.1) is 11.9 Å². The lowest BCUT2D eigenvalue weighted by Gasteiger charge is -2.12. The molecule has 2 heterocycles. The van der Waals surface area contributed by atoms with Crippen molar-refractivity contribution in [3.05, 3.63) is 88.6 Å². The Hall–Kier alpha value is -3.64. The van der Waals surface area contributed by atoms with Crippen LogP contribution in [-0.2, 0) is 4.79 Å². The Bertz CT molecular complexity index is 1310. The Kier molecular flexibility index (Phi) is 7.60. The zero-order valence-electron chi connectivity index (χ0n) is 19.4. The van der Waals surface area contributed by atoms with Crippen molar-refractivity contribution in [2.24, 2.45) is 0 Å². The quantitative estimate of drug-likeness (QED) is 0.239. The molecule has 7 heteroatoms. The molecule has 0 atom stereocenters. The van der Waals surface area contributed by atoms with Crippen molar-refractivity contribution in [2.75, 3.05) is 18.4 Å². The largest absolute Gasteiger partial charge is 0.370 e. The van der Waals surface area contributed by atoms with Gasteiger partial charge in [-0.2, -0.15) is 9.61 Å². The molecule has 4 aromatic rings. The number of unbranched alkanes of at least 4 members (excludes halogenated alkanes) is 1. The van der Waals surface area contributed by atoms with Crippen LogP contribution in [-0.4, -0.2) is 33.6 Å². The van der Waals surface area contributed by atoms with Crippen LogP contribution in [0.5, 0.6) is 0 Å². The van der Waals surface area contributed by atoms with Crippen molar-refractivity contribution in [1.29, 1.82) is 0 Å². The van der Waals surface area contributed by atoms with Gasteiger partial charge in [0.1, 0.15) is 5.82 Å². The van der Waals surface area contributed by atoms with E-state index in [0.717, 1.165) is 53.2 Å². The van der Waals surface area contributed by atoms with Gasteiger partial charge in [-0.3, -0.25) is 4.79 Å². The number of amides is 1. The van der Waals surface area contributed by atoms with Gasteiger partial charge in [0, 0.05) is 40.9 Å². The summed E-state index contributed by atoms with van der Waals surface area (Å²) in [5, 5.41) is 11.6. The molecule has 0 aliphatic heterocycles. The average molecular weight is 474 g/mol. The number of aryl methyl sites for hydroxylation is 1. The molecule has 0 aliphatic rings. The van der Waals surface area contributed by atoms with Crippen molar-refractivity contribution in [2.45, 2.75) is 26.7 Å². The molecule has 0 bridgehead atoms.